The number of carbonyl (C=O) groups is 1. The van der Waals surface area contributed by atoms with Crippen molar-refractivity contribution in [1.29, 1.82) is 0 Å². The molecular weight excluding hydrogens is 360 g/mol. The van der Waals surface area contributed by atoms with Crippen molar-refractivity contribution in [2.24, 2.45) is 5.84 Å². The maximum atomic E-state index is 12.3. The summed E-state index contributed by atoms with van der Waals surface area (Å²) in [6.07, 6.45) is 1.52. The van der Waals surface area contributed by atoms with E-state index >= 15 is 0 Å². The summed E-state index contributed by atoms with van der Waals surface area (Å²) in [7, 11) is 0. The van der Waals surface area contributed by atoms with E-state index in [4.69, 9.17) is 22.8 Å². The maximum Gasteiger partial charge on any atom is 0.292 e. The molecule has 1 amide bonds. The summed E-state index contributed by atoms with van der Waals surface area (Å²) < 4.78 is 5.79. The topological polar surface area (TPSA) is 80.5 Å². The number of benzene rings is 2. The minimum absolute atomic E-state index is 0.0610. The van der Waals surface area contributed by atoms with Crippen LogP contribution in [0.2, 0.25) is 0 Å². The van der Waals surface area contributed by atoms with Crippen LogP contribution in [0, 0.1) is 0 Å². The Bertz CT molecular complexity index is 920. The summed E-state index contributed by atoms with van der Waals surface area (Å²) in [5.41, 5.74) is 1.94. The van der Waals surface area contributed by atoms with Crippen LogP contribution in [0.1, 0.15) is 16.1 Å². The molecule has 3 N–H and O–H groups in total. The fraction of sp³-hybridized carbons (Fsp3) is 0.0500. The quantitative estimate of drug-likeness (QED) is 0.307. The highest BCUT2D eigenvalue weighted by Gasteiger charge is 2.17. The van der Waals surface area contributed by atoms with E-state index in [0.717, 1.165) is 10.6 Å². The Morgan fingerprint density at radius 2 is 1.85 bits per heavy atom. The number of nitrogens with two attached hydrogens (primary N) is 1. The van der Waals surface area contributed by atoms with Gasteiger partial charge in [-0.3, -0.25) is 9.78 Å². The van der Waals surface area contributed by atoms with Crippen molar-refractivity contribution in [2.75, 3.05) is 5.32 Å². The van der Waals surface area contributed by atoms with Gasteiger partial charge in [0.05, 0.1) is 0 Å². The second-order valence-electron chi connectivity index (χ2n) is 5.62. The van der Waals surface area contributed by atoms with Crippen molar-refractivity contribution in [3.8, 4) is 5.75 Å². The highest BCUT2D eigenvalue weighted by Crippen LogP contribution is 2.19. The maximum absolute atomic E-state index is 12.3. The van der Waals surface area contributed by atoms with Gasteiger partial charge in [0, 0.05) is 18.0 Å². The molecule has 0 aliphatic carbocycles. The molecule has 6 nitrogen and oxygen atoms in total. The SMILES string of the molecule is NN(C(=O)c1ccccn1)C(=S)Nc1cccc(OCc2ccccc2)c1. The van der Waals surface area contributed by atoms with Gasteiger partial charge < -0.3 is 10.1 Å². The van der Waals surface area contributed by atoms with E-state index in [-0.39, 0.29) is 10.8 Å². The van der Waals surface area contributed by atoms with Gasteiger partial charge in [0.15, 0.2) is 5.11 Å². The van der Waals surface area contributed by atoms with Crippen LogP contribution < -0.4 is 15.9 Å². The van der Waals surface area contributed by atoms with E-state index in [1.165, 1.54) is 6.20 Å². The fourth-order valence-electron chi connectivity index (χ4n) is 2.29. The zero-order valence-electron chi connectivity index (χ0n) is 14.4. The Labute approximate surface area is 162 Å². The van der Waals surface area contributed by atoms with Gasteiger partial charge in [-0.05, 0) is 42.0 Å². The molecule has 0 aliphatic rings. The lowest BCUT2D eigenvalue weighted by molar-refractivity contribution is 0.0844. The Morgan fingerprint density at radius 1 is 1.07 bits per heavy atom. The first-order chi connectivity index (χ1) is 13.1. The van der Waals surface area contributed by atoms with Gasteiger partial charge in [-0.25, -0.2) is 10.9 Å². The van der Waals surface area contributed by atoms with Crippen LogP contribution in [0.25, 0.3) is 0 Å². The van der Waals surface area contributed by atoms with Gasteiger partial charge in [0.2, 0.25) is 0 Å². The minimum atomic E-state index is -0.496. The molecule has 2 aromatic carbocycles. The molecule has 0 fully saturated rings. The van der Waals surface area contributed by atoms with E-state index in [0.29, 0.717) is 18.0 Å². The molecule has 7 heteroatoms. The van der Waals surface area contributed by atoms with Crippen molar-refractivity contribution >= 4 is 28.9 Å². The minimum Gasteiger partial charge on any atom is -0.489 e. The van der Waals surface area contributed by atoms with Crippen LogP contribution in [0.3, 0.4) is 0 Å². The number of pyridine rings is 1. The van der Waals surface area contributed by atoms with Gasteiger partial charge in [0.1, 0.15) is 18.1 Å². The number of nitrogens with zero attached hydrogens (tertiary/aromatic N) is 2. The molecule has 0 saturated carbocycles. The number of nitrogens with one attached hydrogen (secondary N) is 1. The first-order valence-corrected chi connectivity index (χ1v) is 8.62. The molecule has 0 radical (unpaired) electrons. The molecular formula is C20H18N4O2S. The Hall–Kier alpha value is -3.29. The first-order valence-electron chi connectivity index (χ1n) is 8.21. The molecule has 0 saturated heterocycles. The zero-order chi connectivity index (χ0) is 19.1. The molecule has 0 bridgehead atoms. The van der Waals surface area contributed by atoms with Gasteiger partial charge in [-0.1, -0.05) is 42.5 Å². The van der Waals surface area contributed by atoms with E-state index in [1.54, 1.807) is 30.3 Å². The standard InChI is InChI=1S/C20H18N4O2S/c21-24(19(25)18-11-4-5-12-22-18)20(27)23-16-9-6-10-17(13-16)26-14-15-7-2-1-3-8-15/h1-13H,14,21H2,(H,23,27). The van der Waals surface area contributed by atoms with Crippen LogP contribution >= 0.6 is 12.2 Å². The van der Waals surface area contributed by atoms with Crippen molar-refractivity contribution in [3.05, 3.63) is 90.3 Å². The number of aromatic nitrogens is 1. The summed E-state index contributed by atoms with van der Waals surface area (Å²) in [6, 6.07) is 22.1. The first kappa shape index (κ1) is 18.5. The Balaban J connectivity index is 1.61. The summed E-state index contributed by atoms with van der Waals surface area (Å²) in [6.45, 7) is 0.454. The lowest BCUT2D eigenvalue weighted by atomic mass is 10.2. The molecule has 1 heterocycles. The molecule has 0 spiro atoms. The lowest BCUT2D eigenvalue weighted by Crippen LogP contribution is -2.45. The van der Waals surface area contributed by atoms with Crippen LogP contribution in [-0.2, 0) is 6.61 Å². The monoisotopic (exact) mass is 378 g/mol. The zero-order valence-corrected chi connectivity index (χ0v) is 15.2. The largest absolute Gasteiger partial charge is 0.489 e. The Kier molecular flexibility index (Phi) is 6.09. The number of thiocarbonyl (C=S) groups is 1. The third kappa shape index (κ3) is 5.10. The third-order valence-corrected chi connectivity index (χ3v) is 3.95. The number of anilines is 1. The number of ether oxygens (including phenoxy) is 1. The third-order valence-electron chi connectivity index (χ3n) is 3.66. The number of hydrogen-bond acceptors (Lipinski definition) is 5. The van der Waals surface area contributed by atoms with Gasteiger partial charge in [-0.2, -0.15) is 0 Å². The fourth-order valence-corrected chi connectivity index (χ4v) is 2.49. The molecule has 27 heavy (non-hydrogen) atoms. The van der Waals surface area contributed by atoms with E-state index in [9.17, 15) is 4.79 Å². The Morgan fingerprint density at radius 3 is 2.59 bits per heavy atom. The van der Waals surface area contributed by atoms with E-state index in [2.05, 4.69) is 10.3 Å². The normalized spacial score (nSPS) is 10.1. The van der Waals surface area contributed by atoms with Crippen molar-refractivity contribution in [3.63, 3.8) is 0 Å². The predicted molar refractivity (Wildman–Crippen MR) is 108 cm³/mol. The molecule has 1 aromatic heterocycles. The van der Waals surface area contributed by atoms with Crippen molar-refractivity contribution in [1.82, 2.24) is 9.99 Å². The van der Waals surface area contributed by atoms with Crippen LogP contribution in [0.4, 0.5) is 5.69 Å². The molecule has 136 valence electrons. The van der Waals surface area contributed by atoms with Gasteiger partial charge >= 0.3 is 0 Å². The average molecular weight is 378 g/mol. The number of amides is 1. The summed E-state index contributed by atoms with van der Waals surface area (Å²) in [5.74, 6) is 6.00. The molecule has 0 unspecified atom stereocenters. The predicted octanol–water partition coefficient (Wildman–Crippen LogP) is 3.37. The highest BCUT2D eigenvalue weighted by atomic mass is 32.1. The van der Waals surface area contributed by atoms with Gasteiger partial charge in [-0.15, -0.1) is 0 Å². The second-order valence-corrected chi connectivity index (χ2v) is 6.01. The molecule has 3 rings (SSSR count). The lowest BCUT2D eigenvalue weighted by Gasteiger charge is -2.18. The smallest absolute Gasteiger partial charge is 0.292 e. The van der Waals surface area contributed by atoms with Gasteiger partial charge in [0.25, 0.3) is 5.91 Å². The number of rotatable bonds is 5. The summed E-state index contributed by atoms with van der Waals surface area (Å²) in [5, 5.41) is 3.85. The van der Waals surface area contributed by atoms with E-state index in [1.807, 2.05) is 42.5 Å². The number of hydrogen-bond donors (Lipinski definition) is 2. The van der Waals surface area contributed by atoms with Crippen LogP contribution in [0.5, 0.6) is 5.75 Å². The molecule has 0 atom stereocenters. The summed E-state index contributed by atoms with van der Waals surface area (Å²) >= 11 is 5.22. The van der Waals surface area contributed by atoms with Crippen molar-refractivity contribution < 1.29 is 9.53 Å². The number of carbonyl (C=O) groups excluding carboxylic acids is 1. The average Bonchev–Trinajstić information content (AvgIpc) is 2.73. The second kappa shape index (κ2) is 8.88. The van der Waals surface area contributed by atoms with Crippen molar-refractivity contribution in [2.45, 2.75) is 6.61 Å². The molecule has 0 aliphatic heterocycles. The number of hydrazine groups is 1. The molecule has 3 aromatic rings. The highest BCUT2D eigenvalue weighted by molar-refractivity contribution is 7.80. The van der Waals surface area contributed by atoms with Crippen LogP contribution in [0.15, 0.2) is 79.0 Å². The van der Waals surface area contributed by atoms with Crippen LogP contribution in [-0.4, -0.2) is 21.0 Å². The summed E-state index contributed by atoms with van der Waals surface area (Å²) in [4.78, 5) is 16.3. The van der Waals surface area contributed by atoms with E-state index < -0.39 is 5.91 Å².